The Hall–Kier alpha value is -3.89. The third kappa shape index (κ3) is 5.97. The van der Waals surface area contributed by atoms with Gasteiger partial charge in [0.1, 0.15) is 36.9 Å². The summed E-state index contributed by atoms with van der Waals surface area (Å²) >= 11 is 0. The molecule has 2 aliphatic heterocycles. The molecule has 10 nitrogen and oxygen atoms in total. The molecule has 2 fully saturated rings. The summed E-state index contributed by atoms with van der Waals surface area (Å²) < 4.78 is 32.8. The van der Waals surface area contributed by atoms with Gasteiger partial charge in [0.05, 0.1) is 24.3 Å². The van der Waals surface area contributed by atoms with E-state index in [9.17, 15) is 19.5 Å². The quantitative estimate of drug-likeness (QED) is 0.244. The van der Waals surface area contributed by atoms with Gasteiger partial charge in [0.25, 0.3) is 0 Å². The predicted octanol–water partition coefficient (Wildman–Crippen LogP) is 2.05. The molecule has 0 saturated carbocycles. The second-order valence-electron chi connectivity index (χ2n) is 7.77. The van der Waals surface area contributed by atoms with Crippen LogP contribution >= 0.6 is 0 Å². The van der Waals surface area contributed by atoms with Crippen LogP contribution in [0.25, 0.3) is 0 Å². The largest absolute Gasteiger partial charge is 0.508 e. The zero-order valence-corrected chi connectivity index (χ0v) is 18.7. The van der Waals surface area contributed by atoms with Crippen molar-refractivity contribution >= 4 is 17.9 Å². The van der Waals surface area contributed by atoms with Crippen molar-refractivity contribution in [1.29, 1.82) is 0 Å². The number of rotatable bonds is 9. The Bertz CT molecular complexity index is 1060. The normalized spacial score (nSPS) is 22.6. The molecule has 0 amide bonds. The highest BCUT2D eigenvalue weighted by atomic mass is 16.7. The van der Waals surface area contributed by atoms with Gasteiger partial charge in [-0.3, -0.25) is 0 Å². The highest BCUT2D eigenvalue weighted by Crippen LogP contribution is 2.31. The fourth-order valence-electron chi connectivity index (χ4n) is 3.69. The molecule has 2 aromatic carbocycles. The number of phenolic OH excluding ortho intramolecular Hbond substituents is 1. The fraction of sp³-hybridized carbons (Fsp3) is 0.320. The number of fused-ring (bicyclic) bond motifs is 1. The minimum Gasteiger partial charge on any atom is -0.508 e. The Morgan fingerprint density at radius 2 is 1.37 bits per heavy atom. The summed E-state index contributed by atoms with van der Waals surface area (Å²) in [6, 6.07) is 12.0. The molecule has 2 heterocycles. The van der Waals surface area contributed by atoms with Crippen LogP contribution in [0.4, 0.5) is 0 Å². The maximum Gasteiger partial charge on any atom is 0.338 e. The van der Waals surface area contributed by atoms with E-state index in [0.29, 0.717) is 11.3 Å². The number of aromatic hydroxyl groups is 1. The number of phenols is 1. The Morgan fingerprint density at radius 3 is 1.89 bits per heavy atom. The summed E-state index contributed by atoms with van der Waals surface area (Å²) in [6.45, 7) is 3.76. The van der Waals surface area contributed by atoms with Crippen LogP contribution < -0.4 is 4.74 Å². The lowest BCUT2D eigenvalue weighted by Crippen LogP contribution is -2.36. The zero-order chi connectivity index (χ0) is 24.8. The van der Waals surface area contributed by atoms with Crippen molar-refractivity contribution in [2.75, 3.05) is 26.4 Å². The highest BCUT2D eigenvalue weighted by Gasteiger charge is 2.51. The average molecular weight is 484 g/mol. The minimum absolute atomic E-state index is 0.0447. The smallest absolute Gasteiger partial charge is 0.338 e. The van der Waals surface area contributed by atoms with Gasteiger partial charge in [0.15, 0.2) is 12.2 Å². The molecular formula is C25H24O10. The summed E-state index contributed by atoms with van der Waals surface area (Å²) in [4.78, 5) is 35.9. The molecule has 1 N–H and O–H groups in total. The zero-order valence-electron chi connectivity index (χ0n) is 18.7. The van der Waals surface area contributed by atoms with Crippen molar-refractivity contribution in [2.45, 2.75) is 24.4 Å². The molecule has 0 radical (unpaired) electrons. The molecule has 4 rings (SSSR count). The monoisotopic (exact) mass is 484 g/mol. The van der Waals surface area contributed by atoms with Crippen LogP contribution in [0.1, 0.15) is 20.7 Å². The third-order valence-electron chi connectivity index (χ3n) is 5.44. The number of ether oxygens (including phenoxy) is 6. The van der Waals surface area contributed by atoms with Crippen molar-refractivity contribution in [2.24, 2.45) is 0 Å². The Morgan fingerprint density at radius 1 is 0.857 bits per heavy atom. The van der Waals surface area contributed by atoms with E-state index < -0.39 is 42.3 Å². The molecule has 35 heavy (non-hydrogen) atoms. The number of hydrogen-bond donors (Lipinski definition) is 1. The molecule has 0 bridgehead atoms. The molecule has 2 aromatic rings. The van der Waals surface area contributed by atoms with Gasteiger partial charge in [-0.25, -0.2) is 14.4 Å². The lowest BCUT2D eigenvalue weighted by Gasteiger charge is -2.17. The predicted molar refractivity (Wildman–Crippen MR) is 119 cm³/mol. The molecule has 0 unspecified atom stereocenters. The second kappa shape index (κ2) is 11.0. The van der Waals surface area contributed by atoms with Crippen LogP contribution in [0.15, 0.2) is 61.2 Å². The van der Waals surface area contributed by atoms with Gasteiger partial charge in [-0.15, -0.1) is 0 Å². The third-order valence-corrected chi connectivity index (χ3v) is 5.44. The number of esters is 3. The molecule has 0 spiro atoms. The average Bonchev–Trinajstić information content (AvgIpc) is 3.45. The van der Waals surface area contributed by atoms with Crippen molar-refractivity contribution in [3.8, 4) is 11.5 Å². The van der Waals surface area contributed by atoms with Gasteiger partial charge in [0.2, 0.25) is 0 Å². The van der Waals surface area contributed by atoms with Crippen LogP contribution in [0.5, 0.6) is 11.5 Å². The summed E-state index contributed by atoms with van der Waals surface area (Å²) in [5, 5.41) is 9.35. The van der Waals surface area contributed by atoms with Gasteiger partial charge in [-0.05, 0) is 48.5 Å². The van der Waals surface area contributed by atoms with E-state index in [2.05, 4.69) is 6.58 Å². The van der Waals surface area contributed by atoms with Gasteiger partial charge < -0.3 is 33.5 Å². The standard InChI is InChI=1S/C25H24O10/c1-2-21(27)31-12-11-30-18-9-5-16(6-10-18)25(29)35-20-14-33-22-19(13-32-23(20)22)34-24(28)15-3-7-17(26)8-4-15/h2-10,19-20,22-23,26H,1,11-14H2/t19-,20-,22-,23-/m0/s1. The summed E-state index contributed by atoms with van der Waals surface area (Å²) in [6.07, 6.45) is -1.34. The SMILES string of the molecule is C=CC(=O)OCCOc1ccc(C(=O)O[C@H]2CO[C@@H]3[C@H]2OC[C@@H]3OC(=O)c2ccc(O)cc2)cc1. The van der Waals surface area contributed by atoms with Crippen molar-refractivity contribution < 1.29 is 47.9 Å². The first kappa shape index (κ1) is 24.2. The van der Waals surface area contributed by atoms with E-state index >= 15 is 0 Å². The lowest BCUT2D eigenvalue weighted by molar-refractivity contribution is -0.138. The maximum atomic E-state index is 12.6. The first-order valence-corrected chi connectivity index (χ1v) is 10.9. The van der Waals surface area contributed by atoms with Crippen LogP contribution in [0, 0.1) is 0 Å². The van der Waals surface area contributed by atoms with Crippen LogP contribution in [-0.2, 0) is 28.5 Å². The molecule has 0 aromatic heterocycles. The van der Waals surface area contributed by atoms with Crippen LogP contribution in [-0.4, -0.2) is 73.9 Å². The molecule has 2 aliphatic rings. The highest BCUT2D eigenvalue weighted by molar-refractivity contribution is 5.90. The van der Waals surface area contributed by atoms with Gasteiger partial charge >= 0.3 is 17.9 Å². The summed E-state index contributed by atoms with van der Waals surface area (Å²) in [7, 11) is 0. The van der Waals surface area contributed by atoms with E-state index in [4.69, 9.17) is 28.4 Å². The Balaban J connectivity index is 1.25. The number of hydrogen-bond acceptors (Lipinski definition) is 10. The first-order valence-electron chi connectivity index (χ1n) is 10.9. The van der Waals surface area contributed by atoms with Crippen molar-refractivity contribution in [3.05, 3.63) is 72.3 Å². The van der Waals surface area contributed by atoms with E-state index in [1.54, 1.807) is 24.3 Å². The van der Waals surface area contributed by atoms with Crippen LogP contribution in [0.3, 0.4) is 0 Å². The first-order chi connectivity index (χ1) is 16.9. The van der Waals surface area contributed by atoms with Crippen LogP contribution in [0.2, 0.25) is 0 Å². The van der Waals surface area contributed by atoms with Gasteiger partial charge in [-0.2, -0.15) is 0 Å². The summed E-state index contributed by atoms with van der Waals surface area (Å²) in [5.41, 5.74) is 0.601. The molecule has 0 aliphatic carbocycles. The minimum atomic E-state index is -0.652. The van der Waals surface area contributed by atoms with E-state index in [1.165, 1.54) is 24.3 Å². The number of carbonyl (C=O) groups excluding carboxylic acids is 3. The molecule has 184 valence electrons. The number of benzene rings is 2. The second-order valence-corrected chi connectivity index (χ2v) is 7.77. The maximum absolute atomic E-state index is 12.6. The molecule has 4 atom stereocenters. The molecule has 10 heteroatoms. The summed E-state index contributed by atoms with van der Waals surface area (Å²) in [5.74, 6) is -1.11. The van der Waals surface area contributed by atoms with Crippen molar-refractivity contribution in [1.82, 2.24) is 0 Å². The Kier molecular flexibility index (Phi) is 7.64. The lowest BCUT2D eigenvalue weighted by atomic mass is 10.1. The fourth-order valence-corrected chi connectivity index (χ4v) is 3.69. The Labute approximate surface area is 200 Å². The molecular weight excluding hydrogens is 460 g/mol. The van der Waals surface area contributed by atoms with E-state index in [0.717, 1.165) is 6.08 Å². The number of carbonyl (C=O) groups is 3. The van der Waals surface area contributed by atoms with Gasteiger partial charge in [-0.1, -0.05) is 6.58 Å². The topological polar surface area (TPSA) is 127 Å². The van der Waals surface area contributed by atoms with Crippen molar-refractivity contribution in [3.63, 3.8) is 0 Å². The van der Waals surface area contributed by atoms with Gasteiger partial charge in [0, 0.05) is 6.08 Å². The van der Waals surface area contributed by atoms with E-state index in [-0.39, 0.29) is 37.7 Å². The van der Waals surface area contributed by atoms with E-state index in [1.807, 2.05) is 0 Å². The molecule has 2 saturated heterocycles.